The van der Waals surface area contributed by atoms with E-state index in [0.717, 1.165) is 12.1 Å². The minimum Gasteiger partial charge on any atom is -0.355 e. The molecule has 2 heterocycles. The summed E-state index contributed by atoms with van der Waals surface area (Å²) in [4.78, 5) is 38.9. The number of benzene rings is 3. The number of carbonyl (C=O) groups excluding carboxylic acids is 2. The quantitative estimate of drug-likeness (QED) is 0.186. The van der Waals surface area contributed by atoms with E-state index < -0.39 is 35.1 Å². The molecule has 5 rings (SSSR count). The van der Waals surface area contributed by atoms with Crippen molar-refractivity contribution >= 4 is 28.4 Å². The van der Waals surface area contributed by atoms with Crippen LogP contribution >= 0.6 is 0 Å². The molecule has 0 aliphatic heterocycles. The maximum atomic E-state index is 14.2. The summed E-state index contributed by atoms with van der Waals surface area (Å²) in [5, 5.41) is 8.47. The third-order valence-corrected chi connectivity index (χ3v) is 7.80. The zero-order chi connectivity index (χ0) is 33.3. The molecule has 12 heteroatoms. The number of aromatic nitrogens is 2. The van der Waals surface area contributed by atoms with Gasteiger partial charge in [0.2, 0.25) is 5.91 Å². The fourth-order valence-electron chi connectivity index (χ4n) is 5.25. The van der Waals surface area contributed by atoms with E-state index in [1.807, 2.05) is 0 Å². The molecule has 0 saturated carbocycles. The van der Waals surface area contributed by atoms with Crippen molar-refractivity contribution in [3.63, 3.8) is 0 Å². The Morgan fingerprint density at radius 1 is 0.957 bits per heavy atom. The minimum absolute atomic E-state index is 0.0699. The molecule has 3 aromatic carbocycles. The fourth-order valence-corrected chi connectivity index (χ4v) is 5.25. The number of carbonyl (C=O) groups is 2. The van der Waals surface area contributed by atoms with Crippen LogP contribution in [0.5, 0.6) is 0 Å². The minimum atomic E-state index is -4.72. The van der Waals surface area contributed by atoms with E-state index in [4.69, 9.17) is 0 Å². The molecule has 0 saturated heterocycles. The van der Waals surface area contributed by atoms with Crippen LogP contribution in [0.3, 0.4) is 0 Å². The highest BCUT2D eigenvalue weighted by atomic mass is 19.4. The molecular formula is C34H31F4N5O3. The van der Waals surface area contributed by atoms with E-state index in [1.54, 1.807) is 62.0 Å². The van der Waals surface area contributed by atoms with Crippen molar-refractivity contribution < 1.29 is 27.2 Å². The van der Waals surface area contributed by atoms with Crippen molar-refractivity contribution in [1.82, 2.24) is 19.8 Å². The molecule has 3 N–H and O–H groups in total. The van der Waals surface area contributed by atoms with E-state index in [9.17, 15) is 31.9 Å². The first-order valence-corrected chi connectivity index (χ1v) is 14.3. The number of aryl methyl sites for hydroxylation is 1. The van der Waals surface area contributed by atoms with Gasteiger partial charge in [-0.2, -0.15) is 13.2 Å². The van der Waals surface area contributed by atoms with Gasteiger partial charge in [0.1, 0.15) is 11.5 Å². The van der Waals surface area contributed by atoms with E-state index in [2.05, 4.69) is 16.0 Å². The van der Waals surface area contributed by atoms with Crippen LogP contribution in [0.2, 0.25) is 0 Å². The predicted molar refractivity (Wildman–Crippen MR) is 169 cm³/mol. The molecule has 238 valence electrons. The Labute approximate surface area is 261 Å². The van der Waals surface area contributed by atoms with Crippen LogP contribution in [-0.4, -0.2) is 41.1 Å². The normalized spacial score (nSPS) is 12.3. The lowest BCUT2D eigenvalue weighted by Crippen LogP contribution is -2.37. The number of pyridine rings is 1. The Hall–Kier alpha value is -5.23. The first-order valence-electron chi connectivity index (χ1n) is 14.3. The Morgan fingerprint density at radius 3 is 2.41 bits per heavy atom. The van der Waals surface area contributed by atoms with Crippen molar-refractivity contribution in [3.8, 4) is 16.9 Å². The summed E-state index contributed by atoms with van der Waals surface area (Å²) >= 11 is 0. The van der Waals surface area contributed by atoms with Crippen molar-refractivity contribution in [2.24, 2.45) is 0 Å². The zero-order valence-electron chi connectivity index (χ0n) is 25.4. The highest BCUT2D eigenvalue weighted by Gasteiger charge is 2.32. The molecule has 0 spiro atoms. The Bertz CT molecular complexity index is 2030. The van der Waals surface area contributed by atoms with Crippen molar-refractivity contribution in [2.45, 2.75) is 32.6 Å². The number of nitrogens with zero attached hydrogens (tertiary/aromatic N) is 2. The molecule has 5 aromatic rings. The topological polar surface area (TPSA) is 97.2 Å². The van der Waals surface area contributed by atoms with Crippen molar-refractivity contribution in [1.29, 1.82) is 0 Å². The monoisotopic (exact) mass is 633 g/mol. The van der Waals surface area contributed by atoms with E-state index in [0.29, 0.717) is 33.3 Å². The second-order valence-corrected chi connectivity index (χ2v) is 10.9. The second kappa shape index (κ2) is 12.6. The smallest absolute Gasteiger partial charge is 0.355 e. The maximum Gasteiger partial charge on any atom is 0.416 e. The number of likely N-dealkylation sites (N-methyl/N-ethyl adjacent to an activating group) is 1. The summed E-state index contributed by atoms with van der Waals surface area (Å²) in [5.41, 5.74) is 0.904. The molecule has 1 atom stereocenters. The van der Waals surface area contributed by atoms with Crippen LogP contribution in [0.15, 0.2) is 83.8 Å². The number of halogens is 4. The lowest BCUT2D eigenvalue weighted by Gasteiger charge is -2.19. The number of hydrogen-bond acceptors (Lipinski definition) is 4. The van der Waals surface area contributed by atoms with Gasteiger partial charge in [0.25, 0.3) is 11.5 Å². The molecule has 2 amide bonds. The van der Waals surface area contributed by atoms with Gasteiger partial charge in [0.05, 0.1) is 29.4 Å². The molecule has 0 unspecified atom stereocenters. The number of amides is 2. The summed E-state index contributed by atoms with van der Waals surface area (Å²) in [6.07, 6.45) is -3.09. The molecular weight excluding hydrogens is 602 g/mol. The van der Waals surface area contributed by atoms with Gasteiger partial charge in [-0.1, -0.05) is 12.1 Å². The van der Waals surface area contributed by atoms with Crippen LogP contribution in [0.25, 0.3) is 27.8 Å². The van der Waals surface area contributed by atoms with Gasteiger partial charge in [0, 0.05) is 29.9 Å². The standard InChI is InChI=1S/C34H31F4N5O3/c1-19-17-42(30-10-8-25(35)16-27(19)30)26-13-21(12-24(15-26)34(36,37)38)18-43-29(22-6-5-7-23(14-22)32(45)40-4)11-9-28(33(43)46)41-31(44)20(2)39-3/h5-17,20,39H,18H2,1-4H3,(H,40,45)(H,41,44)/t20-/m0/s1. The van der Waals surface area contributed by atoms with E-state index in [-0.39, 0.29) is 29.4 Å². The zero-order valence-corrected chi connectivity index (χ0v) is 25.4. The van der Waals surface area contributed by atoms with Gasteiger partial charge >= 0.3 is 6.18 Å². The van der Waals surface area contributed by atoms with Gasteiger partial charge in [-0.15, -0.1) is 0 Å². The summed E-state index contributed by atoms with van der Waals surface area (Å²) in [7, 11) is 3.06. The van der Waals surface area contributed by atoms with Crippen LogP contribution in [0.4, 0.5) is 23.2 Å². The fraction of sp³-hybridized carbons (Fsp3) is 0.206. The lowest BCUT2D eigenvalue weighted by atomic mass is 10.0. The van der Waals surface area contributed by atoms with Gasteiger partial charge in [0.15, 0.2) is 0 Å². The van der Waals surface area contributed by atoms with Crippen molar-refractivity contribution in [2.75, 3.05) is 19.4 Å². The maximum absolute atomic E-state index is 14.2. The largest absolute Gasteiger partial charge is 0.416 e. The molecule has 0 bridgehead atoms. The van der Waals surface area contributed by atoms with Gasteiger partial charge in [-0.05, 0) is 98.2 Å². The Morgan fingerprint density at radius 2 is 1.72 bits per heavy atom. The van der Waals surface area contributed by atoms with Crippen LogP contribution < -0.4 is 21.5 Å². The molecule has 0 fully saturated rings. The molecule has 2 aromatic heterocycles. The molecule has 8 nitrogen and oxygen atoms in total. The van der Waals surface area contributed by atoms with Crippen LogP contribution in [0, 0.1) is 12.7 Å². The molecule has 0 aliphatic carbocycles. The Kier molecular flexibility index (Phi) is 8.84. The number of fused-ring (bicyclic) bond motifs is 1. The number of anilines is 1. The van der Waals surface area contributed by atoms with Gasteiger partial charge < -0.3 is 25.1 Å². The predicted octanol–water partition coefficient (Wildman–Crippen LogP) is 5.88. The van der Waals surface area contributed by atoms with E-state index >= 15 is 0 Å². The highest BCUT2D eigenvalue weighted by Crippen LogP contribution is 2.34. The van der Waals surface area contributed by atoms with Crippen LogP contribution in [0.1, 0.15) is 34.0 Å². The number of hydrogen-bond donors (Lipinski definition) is 3. The third-order valence-electron chi connectivity index (χ3n) is 7.80. The third kappa shape index (κ3) is 6.43. The first-order chi connectivity index (χ1) is 21.8. The van der Waals surface area contributed by atoms with Gasteiger partial charge in [-0.3, -0.25) is 14.4 Å². The number of rotatable bonds is 8. The van der Waals surface area contributed by atoms with Gasteiger partial charge in [-0.25, -0.2) is 4.39 Å². The second-order valence-electron chi connectivity index (χ2n) is 10.9. The average Bonchev–Trinajstić information content (AvgIpc) is 3.36. The highest BCUT2D eigenvalue weighted by molar-refractivity contribution is 5.96. The summed E-state index contributed by atoms with van der Waals surface area (Å²) in [6, 6.07) is 16.4. The number of nitrogens with one attached hydrogen (secondary N) is 3. The van der Waals surface area contributed by atoms with E-state index in [1.165, 1.54) is 41.9 Å². The molecule has 0 aliphatic rings. The van der Waals surface area contributed by atoms with Crippen LogP contribution in [-0.2, 0) is 17.5 Å². The Balaban J connectivity index is 1.70. The summed E-state index contributed by atoms with van der Waals surface area (Å²) in [6.45, 7) is 3.03. The number of alkyl halides is 3. The summed E-state index contributed by atoms with van der Waals surface area (Å²) < 4.78 is 59.6. The van der Waals surface area contributed by atoms with Crippen molar-refractivity contribution in [3.05, 3.63) is 117 Å². The molecule has 0 radical (unpaired) electrons. The summed E-state index contributed by atoms with van der Waals surface area (Å²) in [5.74, 6) is -1.31. The lowest BCUT2D eigenvalue weighted by molar-refractivity contribution is -0.137. The molecule has 46 heavy (non-hydrogen) atoms. The first kappa shape index (κ1) is 32.2. The average molecular weight is 634 g/mol. The SMILES string of the molecule is CNC(=O)c1cccc(-c2ccc(NC(=O)[C@H](C)NC)c(=O)n2Cc2cc(-n3cc(C)c4cc(F)ccc43)cc(C(F)(F)F)c2)c1.